The number of hydrogen-bond donors (Lipinski definition) is 2. The van der Waals surface area contributed by atoms with Crippen LogP contribution in [0, 0.1) is 5.92 Å². The van der Waals surface area contributed by atoms with Crippen molar-refractivity contribution < 1.29 is 24.2 Å². The Morgan fingerprint density at radius 2 is 1.74 bits per heavy atom. The van der Waals surface area contributed by atoms with Crippen molar-refractivity contribution in [1.82, 2.24) is 5.32 Å². The first-order valence-corrected chi connectivity index (χ1v) is 7.54. The number of hydrogen-bond acceptors (Lipinski definition) is 4. The third-order valence-corrected chi connectivity index (χ3v) is 3.47. The number of rotatable bonds is 9. The normalized spacial score (nSPS) is 11.8. The van der Waals surface area contributed by atoms with E-state index in [-0.39, 0.29) is 30.4 Å². The topological polar surface area (TPSA) is 92.7 Å². The summed E-state index contributed by atoms with van der Waals surface area (Å²) in [6, 6.07) is 5.88. The van der Waals surface area contributed by atoms with Crippen LogP contribution in [0.2, 0.25) is 0 Å². The minimum absolute atomic E-state index is 0.0564. The molecule has 2 N–H and O–H groups in total. The van der Waals surface area contributed by atoms with Gasteiger partial charge < -0.3 is 15.2 Å². The molecule has 0 spiro atoms. The molecule has 6 heteroatoms. The SMILES string of the molecule is COc1ccc(C(=O)CCCC(=O)N[C@@H](C(=O)O)C(C)C)cc1. The quantitative estimate of drug-likeness (QED) is 0.681. The molecule has 0 aliphatic carbocycles. The first-order valence-electron chi connectivity index (χ1n) is 7.54. The van der Waals surface area contributed by atoms with Gasteiger partial charge in [-0.25, -0.2) is 4.79 Å². The zero-order valence-corrected chi connectivity index (χ0v) is 13.7. The Morgan fingerprint density at radius 1 is 1.13 bits per heavy atom. The van der Waals surface area contributed by atoms with E-state index < -0.39 is 12.0 Å². The minimum Gasteiger partial charge on any atom is -0.497 e. The largest absolute Gasteiger partial charge is 0.497 e. The lowest BCUT2D eigenvalue weighted by molar-refractivity contribution is -0.143. The fourth-order valence-corrected chi connectivity index (χ4v) is 2.09. The molecule has 1 rings (SSSR count). The number of carbonyl (C=O) groups is 3. The lowest BCUT2D eigenvalue weighted by atomic mass is 10.0. The average Bonchev–Trinajstić information content (AvgIpc) is 2.52. The second kappa shape index (κ2) is 8.92. The zero-order valence-electron chi connectivity index (χ0n) is 13.7. The average molecular weight is 321 g/mol. The van der Waals surface area contributed by atoms with Gasteiger partial charge in [-0.3, -0.25) is 9.59 Å². The lowest BCUT2D eigenvalue weighted by Gasteiger charge is -2.17. The Hall–Kier alpha value is -2.37. The van der Waals surface area contributed by atoms with Crippen LogP contribution in [-0.4, -0.2) is 35.9 Å². The van der Waals surface area contributed by atoms with Crippen molar-refractivity contribution in [3.63, 3.8) is 0 Å². The maximum atomic E-state index is 12.0. The second-order valence-corrected chi connectivity index (χ2v) is 5.63. The first-order chi connectivity index (χ1) is 10.8. The van der Waals surface area contributed by atoms with Crippen molar-refractivity contribution in [2.45, 2.75) is 39.2 Å². The number of Topliss-reactive ketones (excluding diaryl/α,β-unsaturated/α-hetero) is 1. The highest BCUT2D eigenvalue weighted by molar-refractivity contribution is 5.96. The summed E-state index contributed by atoms with van der Waals surface area (Å²) in [6.45, 7) is 3.46. The fraction of sp³-hybridized carbons (Fsp3) is 0.471. The molecule has 1 amide bonds. The molecule has 0 heterocycles. The van der Waals surface area contributed by atoms with Crippen LogP contribution in [0.3, 0.4) is 0 Å². The summed E-state index contributed by atoms with van der Waals surface area (Å²) in [6.07, 6.45) is 0.735. The number of ketones is 1. The van der Waals surface area contributed by atoms with Crippen molar-refractivity contribution in [3.8, 4) is 5.75 Å². The van der Waals surface area contributed by atoms with Gasteiger partial charge in [0, 0.05) is 18.4 Å². The van der Waals surface area contributed by atoms with E-state index in [0.717, 1.165) is 0 Å². The molecule has 0 bridgehead atoms. The van der Waals surface area contributed by atoms with E-state index in [1.807, 2.05) is 0 Å². The van der Waals surface area contributed by atoms with Gasteiger partial charge in [-0.2, -0.15) is 0 Å². The van der Waals surface area contributed by atoms with Crippen LogP contribution in [-0.2, 0) is 9.59 Å². The highest BCUT2D eigenvalue weighted by Gasteiger charge is 2.23. The van der Waals surface area contributed by atoms with Crippen LogP contribution >= 0.6 is 0 Å². The number of nitrogens with one attached hydrogen (secondary N) is 1. The van der Waals surface area contributed by atoms with Crippen LogP contribution in [0.15, 0.2) is 24.3 Å². The van der Waals surface area contributed by atoms with Crippen molar-refractivity contribution in [2.75, 3.05) is 7.11 Å². The Bertz CT molecular complexity index is 551. The Balaban J connectivity index is 2.41. The Kier molecular flexibility index (Phi) is 7.25. The van der Waals surface area contributed by atoms with Gasteiger partial charge >= 0.3 is 5.97 Å². The third kappa shape index (κ3) is 6.10. The molecular weight excluding hydrogens is 298 g/mol. The minimum atomic E-state index is -1.05. The summed E-state index contributed by atoms with van der Waals surface area (Å²) < 4.78 is 5.02. The molecule has 1 aromatic rings. The molecule has 0 saturated heterocycles. The van der Waals surface area contributed by atoms with Gasteiger partial charge in [0.05, 0.1) is 7.11 Å². The van der Waals surface area contributed by atoms with E-state index in [0.29, 0.717) is 17.7 Å². The molecule has 1 aromatic carbocycles. The van der Waals surface area contributed by atoms with Crippen LogP contribution in [0.5, 0.6) is 5.75 Å². The second-order valence-electron chi connectivity index (χ2n) is 5.63. The van der Waals surface area contributed by atoms with E-state index in [1.54, 1.807) is 45.2 Å². The maximum absolute atomic E-state index is 12.0. The molecular formula is C17H23NO5. The molecule has 0 fully saturated rings. The predicted molar refractivity (Wildman–Crippen MR) is 85.6 cm³/mol. The molecule has 126 valence electrons. The van der Waals surface area contributed by atoms with Gasteiger partial charge in [0.1, 0.15) is 11.8 Å². The summed E-state index contributed by atoms with van der Waals surface area (Å²) in [5.74, 6) is -0.984. The number of benzene rings is 1. The van der Waals surface area contributed by atoms with E-state index in [4.69, 9.17) is 9.84 Å². The molecule has 6 nitrogen and oxygen atoms in total. The summed E-state index contributed by atoms with van der Waals surface area (Å²) >= 11 is 0. The molecule has 0 unspecified atom stereocenters. The number of carboxylic acid groups (broad SMARTS) is 1. The molecule has 0 aliphatic rings. The number of carboxylic acids is 1. The van der Waals surface area contributed by atoms with E-state index in [9.17, 15) is 14.4 Å². The van der Waals surface area contributed by atoms with E-state index in [2.05, 4.69) is 5.32 Å². The third-order valence-electron chi connectivity index (χ3n) is 3.47. The first kappa shape index (κ1) is 18.7. The standard InChI is InChI=1S/C17H23NO5/c1-11(2)16(17(21)22)18-15(20)6-4-5-14(19)12-7-9-13(23-3)10-8-12/h7-11,16H,4-6H2,1-3H3,(H,18,20)(H,21,22)/t16-/m1/s1. The Morgan fingerprint density at radius 3 is 2.22 bits per heavy atom. The van der Waals surface area contributed by atoms with Crippen molar-refractivity contribution in [1.29, 1.82) is 0 Å². The molecule has 1 atom stereocenters. The van der Waals surface area contributed by atoms with E-state index in [1.165, 1.54) is 0 Å². The van der Waals surface area contributed by atoms with Gasteiger partial charge in [0.15, 0.2) is 5.78 Å². The maximum Gasteiger partial charge on any atom is 0.326 e. The summed E-state index contributed by atoms with van der Waals surface area (Å²) in [5.41, 5.74) is 0.566. The van der Waals surface area contributed by atoms with Crippen LogP contribution < -0.4 is 10.1 Å². The van der Waals surface area contributed by atoms with E-state index >= 15 is 0 Å². The molecule has 0 saturated carbocycles. The lowest BCUT2D eigenvalue weighted by Crippen LogP contribution is -2.44. The number of carbonyl (C=O) groups excluding carboxylic acids is 2. The highest BCUT2D eigenvalue weighted by Crippen LogP contribution is 2.14. The number of amides is 1. The summed E-state index contributed by atoms with van der Waals surface area (Å²) in [5, 5.41) is 11.5. The Labute approximate surface area is 135 Å². The van der Waals surface area contributed by atoms with Crippen molar-refractivity contribution in [3.05, 3.63) is 29.8 Å². The highest BCUT2D eigenvalue weighted by atomic mass is 16.5. The summed E-state index contributed by atoms with van der Waals surface area (Å²) in [7, 11) is 1.55. The molecule has 23 heavy (non-hydrogen) atoms. The molecule has 0 radical (unpaired) electrons. The monoisotopic (exact) mass is 321 g/mol. The predicted octanol–water partition coefficient (Wildman–Crippen LogP) is 2.27. The van der Waals surface area contributed by atoms with Crippen LogP contribution in [0.25, 0.3) is 0 Å². The van der Waals surface area contributed by atoms with Crippen molar-refractivity contribution in [2.24, 2.45) is 5.92 Å². The van der Waals surface area contributed by atoms with Gasteiger partial charge in [-0.05, 0) is 36.6 Å². The molecule has 0 aromatic heterocycles. The smallest absolute Gasteiger partial charge is 0.326 e. The number of aliphatic carboxylic acids is 1. The van der Waals surface area contributed by atoms with Crippen LogP contribution in [0.4, 0.5) is 0 Å². The summed E-state index contributed by atoms with van der Waals surface area (Å²) in [4.78, 5) is 34.8. The van der Waals surface area contributed by atoms with Gasteiger partial charge in [0.25, 0.3) is 0 Å². The van der Waals surface area contributed by atoms with Gasteiger partial charge in [0.2, 0.25) is 5.91 Å². The van der Waals surface area contributed by atoms with Crippen molar-refractivity contribution >= 4 is 17.7 Å². The molecule has 0 aliphatic heterocycles. The fourth-order valence-electron chi connectivity index (χ4n) is 2.09. The number of ether oxygens (including phenoxy) is 1. The van der Waals surface area contributed by atoms with Gasteiger partial charge in [-0.1, -0.05) is 13.8 Å². The van der Waals surface area contributed by atoms with Crippen LogP contribution in [0.1, 0.15) is 43.5 Å². The number of methoxy groups -OCH3 is 1. The van der Waals surface area contributed by atoms with Gasteiger partial charge in [-0.15, -0.1) is 0 Å². The zero-order chi connectivity index (χ0) is 17.4.